The van der Waals surface area contributed by atoms with Crippen LogP contribution in [0.1, 0.15) is 42.1 Å². The number of nitrogens with zero attached hydrogens (tertiary/aromatic N) is 1. The van der Waals surface area contributed by atoms with Crippen molar-refractivity contribution in [2.24, 2.45) is 5.92 Å². The van der Waals surface area contributed by atoms with E-state index in [2.05, 4.69) is 17.1 Å². The lowest BCUT2D eigenvalue weighted by Crippen LogP contribution is -2.46. The molecule has 1 saturated carbocycles. The number of amides is 1. The summed E-state index contributed by atoms with van der Waals surface area (Å²) in [5.41, 5.74) is 1.85. The molecule has 116 valence electrons. The van der Waals surface area contributed by atoms with E-state index in [0.29, 0.717) is 11.5 Å². The number of benzene rings is 1. The highest BCUT2D eigenvalue weighted by atomic mass is 16.3. The molecule has 0 radical (unpaired) electrons. The predicted octanol–water partition coefficient (Wildman–Crippen LogP) is 2.03. The molecule has 0 spiro atoms. The molecule has 0 aromatic heterocycles. The molecule has 1 aromatic rings. The minimum atomic E-state index is -0.177. The number of aliphatic hydroxyl groups is 1. The van der Waals surface area contributed by atoms with Crippen molar-refractivity contribution in [1.82, 2.24) is 10.2 Å². The summed E-state index contributed by atoms with van der Waals surface area (Å²) in [6, 6.07) is 7.95. The molecular weight excluding hydrogens is 264 g/mol. The number of hydrogen-bond acceptors (Lipinski definition) is 3. The van der Waals surface area contributed by atoms with Gasteiger partial charge >= 0.3 is 0 Å². The lowest BCUT2D eigenvalue weighted by Gasteiger charge is -2.37. The molecule has 1 aliphatic rings. The number of nitrogens with one attached hydrogen (secondary N) is 1. The second kappa shape index (κ2) is 7.05. The Labute approximate surface area is 127 Å². The van der Waals surface area contributed by atoms with Crippen LogP contribution in [0.15, 0.2) is 24.3 Å². The lowest BCUT2D eigenvalue weighted by atomic mass is 9.76. The van der Waals surface area contributed by atoms with Gasteiger partial charge in [0.05, 0.1) is 6.10 Å². The summed E-state index contributed by atoms with van der Waals surface area (Å²) in [5.74, 6) is 0.405. The Morgan fingerprint density at radius 2 is 2.14 bits per heavy atom. The van der Waals surface area contributed by atoms with E-state index in [1.165, 1.54) is 0 Å². The number of carbonyl (C=O) groups is 1. The van der Waals surface area contributed by atoms with E-state index < -0.39 is 0 Å². The van der Waals surface area contributed by atoms with Gasteiger partial charge < -0.3 is 15.3 Å². The van der Waals surface area contributed by atoms with Crippen LogP contribution >= 0.6 is 0 Å². The molecule has 0 bridgehead atoms. The summed E-state index contributed by atoms with van der Waals surface area (Å²) in [6.45, 7) is 2.91. The van der Waals surface area contributed by atoms with Gasteiger partial charge in [0, 0.05) is 18.2 Å². The molecule has 2 N–H and O–H groups in total. The van der Waals surface area contributed by atoms with Crippen LogP contribution < -0.4 is 5.32 Å². The Morgan fingerprint density at radius 3 is 2.71 bits per heavy atom. The van der Waals surface area contributed by atoms with Crippen LogP contribution in [0.4, 0.5) is 0 Å². The van der Waals surface area contributed by atoms with Gasteiger partial charge in [-0.1, -0.05) is 19.1 Å². The van der Waals surface area contributed by atoms with Gasteiger partial charge in [0.25, 0.3) is 5.91 Å². The van der Waals surface area contributed by atoms with Crippen molar-refractivity contribution >= 4 is 5.91 Å². The fourth-order valence-corrected chi connectivity index (χ4v) is 2.94. The largest absolute Gasteiger partial charge is 0.393 e. The fraction of sp³-hybridized carbons (Fsp3) is 0.588. The van der Waals surface area contributed by atoms with Crippen LogP contribution in [0, 0.1) is 5.92 Å². The fourth-order valence-electron chi connectivity index (χ4n) is 2.94. The van der Waals surface area contributed by atoms with Crippen molar-refractivity contribution in [2.45, 2.75) is 44.9 Å². The second-order valence-electron chi connectivity index (χ2n) is 6.31. The molecule has 4 nitrogen and oxygen atoms in total. The topological polar surface area (TPSA) is 52.6 Å². The highest BCUT2D eigenvalue weighted by Crippen LogP contribution is 2.31. The van der Waals surface area contributed by atoms with E-state index in [-0.39, 0.29) is 18.1 Å². The first-order valence-electron chi connectivity index (χ1n) is 7.72. The third kappa shape index (κ3) is 4.29. The number of rotatable bonds is 6. The van der Waals surface area contributed by atoms with Gasteiger partial charge in [0.1, 0.15) is 0 Å². The zero-order valence-corrected chi connectivity index (χ0v) is 13.2. The summed E-state index contributed by atoms with van der Waals surface area (Å²) >= 11 is 0. The van der Waals surface area contributed by atoms with Crippen LogP contribution in [0.25, 0.3) is 0 Å². The smallest absolute Gasteiger partial charge is 0.251 e. The summed E-state index contributed by atoms with van der Waals surface area (Å²) in [4.78, 5) is 14.5. The molecule has 21 heavy (non-hydrogen) atoms. The maximum Gasteiger partial charge on any atom is 0.251 e. The quantitative estimate of drug-likeness (QED) is 0.843. The molecule has 1 amide bonds. The third-order valence-corrected chi connectivity index (χ3v) is 4.16. The second-order valence-corrected chi connectivity index (χ2v) is 6.31. The Balaban J connectivity index is 1.98. The number of carbonyl (C=O) groups excluding carboxylic acids is 1. The van der Waals surface area contributed by atoms with E-state index in [4.69, 9.17) is 0 Å². The Bertz CT molecular complexity index is 481. The van der Waals surface area contributed by atoms with Crippen molar-refractivity contribution in [3.05, 3.63) is 35.4 Å². The molecule has 2 rings (SSSR count). The van der Waals surface area contributed by atoms with Crippen molar-refractivity contribution in [1.29, 1.82) is 0 Å². The molecule has 0 heterocycles. The minimum Gasteiger partial charge on any atom is -0.393 e. The Morgan fingerprint density at radius 1 is 1.43 bits per heavy atom. The summed E-state index contributed by atoms with van der Waals surface area (Å²) in [7, 11) is 4.03. The molecule has 0 unspecified atom stereocenters. The maximum atomic E-state index is 12.4. The van der Waals surface area contributed by atoms with Crippen molar-refractivity contribution in [2.75, 3.05) is 14.1 Å². The van der Waals surface area contributed by atoms with E-state index in [1.54, 1.807) is 0 Å². The van der Waals surface area contributed by atoms with Crippen molar-refractivity contribution in [3.8, 4) is 0 Å². The van der Waals surface area contributed by atoms with Crippen molar-refractivity contribution < 1.29 is 9.90 Å². The lowest BCUT2D eigenvalue weighted by molar-refractivity contribution is 0.0232. The van der Waals surface area contributed by atoms with Crippen LogP contribution in [0.5, 0.6) is 0 Å². The van der Waals surface area contributed by atoms with Crippen LogP contribution in [0.2, 0.25) is 0 Å². The molecule has 1 aromatic carbocycles. The normalized spacial score (nSPS) is 22.7. The van der Waals surface area contributed by atoms with E-state index in [1.807, 2.05) is 38.4 Å². The van der Waals surface area contributed by atoms with E-state index in [0.717, 1.165) is 31.4 Å². The molecule has 0 aliphatic heterocycles. The first-order chi connectivity index (χ1) is 9.99. The van der Waals surface area contributed by atoms with E-state index >= 15 is 0 Å². The number of aliphatic hydroxyl groups excluding tert-OH is 1. The summed E-state index contributed by atoms with van der Waals surface area (Å²) < 4.78 is 0. The summed E-state index contributed by atoms with van der Waals surface area (Å²) in [5, 5.41) is 12.5. The average Bonchev–Trinajstić information content (AvgIpc) is 2.41. The van der Waals surface area contributed by atoms with Crippen LogP contribution in [0.3, 0.4) is 0 Å². The van der Waals surface area contributed by atoms with Gasteiger partial charge in [-0.05, 0) is 57.0 Å². The molecule has 4 heteroatoms. The zero-order chi connectivity index (χ0) is 15.4. The Hall–Kier alpha value is -1.39. The van der Waals surface area contributed by atoms with E-state index in [9.17, 15) is 9.90 Å². The zero-order valence-electron chi connectivity index (χ0n) is 13.2. The first kappa shape index (κ1) is 16.0. The maximum absolute atomic E-state index is 12.4. The van der Waals surface area contributed by atoms with Crippen LogP contribution in [-0.2, 0) is 6.54 Å². The van der Waals surface area contributed by atoms with Gasteiger partial charge in [-0.3, -0.25) is 4.79 Å². The highest BCUT2D eigenvalue weighted by molar-refractivity contribution is 5.94. The minimum absolute atomic E-state index is 0.0103. The first-order valence-corrected chi connectivity index (χ1v) is 7.72. The molecule has 0 saturated heterocycles. The van der Waals surface area contributed by atoms with Crippen LogP contribution in [-0.4, -0.2) is 42.2 Å². The van der Waals surface area contributed by atoms with Gasteiger partial charge in [-0.15, -0.1) is 0 Å². The number of hydrogen-bond donors (Lipinski definition) is 2. The molecule has 1 fully saturated rings. The van der Waals surface area contributed by atoms with Gasteiger partial charge in [0.2, 0.25) is 0 Å². The van der Waals surface area contributed by atoms with Gasteiger partial charge in [-0.25, -0.2) is 0 Å². The average molecular weight is 290 g/mol. The van der Waals surface area contributed by atoms with Gasteiger partial charge in [-0.2, -0.15) is 0 Å². The van der Waals surface area contributed by atoms with Crippen molar-refractivity contribution in [3.63, 3.8) is 0 Å². The SMILES string of the molecule is CC[C@@H](NC(=O)c1cccc(CN(C)C)c1)C1CC(O)C1. The summed E-state index contributed by atoms with van der Waals surface area (Å²) in [6.07, 6.45) is 2.34. The monoisotopic (exact) mass is 290 g/mol. The molecule has 1 atom stereocenters. The van der Waals surface area contributed by atoms with Gasteiger partial charge in [0.15, 0.2) is 0 Å². The molecule has 1 aliphatic carbocycles. The highest BCUT2D eigenvalue weighted by Gasteiger charge is 2.33. The third-order valence-electron chi connectivity index (χ3n) is 4.16. The molecular formula is C17H26N2O2. The standard InChI is InChI=1S/C17H26N2O2/c1-4-16(14-9-15(20)10-14)18-17(21)13-7-5-6-12(8-13)11-19(2)3/h5-8,14-16,20H,4,9-11H2,1-3H3,(H,18,21)/t14?,15?,16-/m1/s1. The predicted molar refractivity (Wildman–Crippen MR) is 84.1 cm³/mol. The Kier molecular flexibility index (Phi) is 5.37.